The van der Waals surface area contributed by atoms with Gasteiger partial charge in [-0.2, -0.15) is 0 Å². The molecule has 1 aliphatic heterocycles. The molecule has 1 fully saturated rings. The standard InChI is InChI=1S/C12H26N4O.HI/c1-11(10-16-6-3-4-7-16)9-15-12(13)14-5-8-17-2;/h11H,3-10H2,1-2H3,(H3,13,14,15);1H. The van der Waals surface area contributed by atoms with Crippen molar-refractivity contribution >= 4 is 29.9 Å². The van der Waals surface area contributed by atoms with Crippen molar-refractivity contribution in [1.29, 1.82) is 0 Å². The summed E-state index contributed by atoms with van der Waals surface area (Å²) in [7, 11) is 1.67. The zero-order valence-electron chi connectivity index (χ0n) is 11.5. The maximum Gasteiger partial charge on any atom is 0.188 e. The molecule has 108 valence electrons. The molecule has 0 aromatic rings. The van der Waals surface area contributed by atoms with Gasteiger partial charge in [0.1, 0.15) is 0 Å². The number of guanidine groups is 1. The van der Waals surface area contributed by atoms with Crippen LogP contribution in [0.1, 0.15) is 19.8 Å². The van der Waals surface area contributed by atoms with Gasteiger partial charge in [-0.15, -0.1) is 24.0 Å². The highest BCUT2D eigenvalue weighted by Gasteiger charge is 2.14. The van der Waals surface area contributed by atoms with Crippen molar-refractivity contribution < 1.29 is 4.74 Å². The van der Waals surface area contributed by atoms with Crippen molar-refractivity contribution in [2.45, 2.75) is 19.8 Å². The van der Waals surface area contributed by atoms with Crippen molar-refractivity contribution in [3.8, 4) is 0 Å². The molecule has 1 rings (SSSR count). The molecule has 5 nitrogen and oxygen atoms in total. The van der Waals surface area contributed by atoms with Crippen LogP contribution in [0, 0.1) is 5.92 Å². The van der Waals surface area contributed by atoms with Crippen molar-refractivity contribution in [3.63, 3.8) is 0 Å². The Morgan fingerprint density at radius 2 is 2.11 bits per heavy atom. The lowest BCUT2D eigenvalue weighted by Gasteiger charge is -2.18. The highest BCUT2D eigenvalue weighted by Crippen LogP contribution is 2.10. The fraction of sp³-hybridized carbons (Fsp3) is 0.917. The van der Waals surface area contributed by atoms with Gasteiger partial charge in [0.2, 0.25) is 0 Å². The summed E-state index contributed by atoms with van der Waals surface area (Å²) in [6, 6.07) is 0. The van der Waals surface area contributed by atoms with E-state index in [2.05, 4.69) is 22.1 Å². The summed E-state index contributed by atoms with van der Waals surface area (Å²) in [6.45, 7) is 8.01. The molecule has 6 heteroatoms. The normalized spacial score (nSPS) is 18.4. The van der Waals surface area contributed by atoms with E-state index in [4.69, 9.17) is 10.5 Å². The van der Waals surface area contributed by atoms with Gasteiger partial charge in [0, 0.05) is 26.7 Å². The maximum absolute atomic E-state index is 5.74. The Morgan fingerprint density at radius 3 is 2.72 bits per heavy atom. The van der Waals surface area contributed by atoms with Gasteiger partial charge in [-0.05, 0) is 31.8 Å². The molecule has 1 unspecified atom stereocenters. The minimum Gasteiger partial charge on any atom is -0.383 e. The summed E-state index contributed by atoms with van der Waals surface area (Å²) in [5.41, 5.74) is 5.74. The number of methoxy groups -OCH3 is 1. The Hall–Kier alpha value is -0.0800. The van der Waals surface area contributed by atoms with Crippen LogP contribution in [0.2, 0.25) is 0 Å². The number of hydrogen-bond donors (Lipinski definition) is 2. The summed E-state index contributed by atoms with van der Waals surface area (Å²) in [5.74, 6) is 1.09. The van der Waals surface area contributed by atoms with E-state index in [1.165, 1.54) is 25.9 Å². The van der Waals surface area contributed by atoms with E-state index in [1.807, 2.05) is 0 Å². The fourth-order valence-electron chi connectivity index (χ4n) is 2.05. The lowest BCUT2D eigenvalue weighted by atomic mass is 10.2. The van der Waals surface area contributed by atoms with Gasteiger partial charge >= 0.3 is 0 Å². The molecule has 0 amide bonds. The first-order valence-electron chi connectivity index (χ1n) is 6.47. The summed E-state index contributed by atoms with van der Waals surface area (Å²) in [5, 5.41) is 3.02. The molecule has 0 bridgehead atoms. The van der Waals surface area contributed by atoms with Gasteiger partial charge in [0.05, 0.1) is 6.61 Å². The predicted molar refractivity (Wildman–Crippen MR) is 86.6 cm³/mol. The molecule has 1 atom stereocenters. The highest BCUT2D eigenvalue weighted by atomic mass is 127. The van der Waals surface area contributed by atoms with E-state index in [9.17, 15) is 0 Å². The molecule has 0 saturated carbocycles. The number of ether oxygens (including phenoxy) is 1. The van der Waals surface area contributed by atoms with E-state index in [0.29, 0.717) is 25.0 Å². The molecule has 1 heterocycles. The van der Waals surface area contributed by atoms with Crippen LogP contribution in [0.25, 0.3) is 0 Å². The minimum absolute atomic E-state index is 0. The summed E-state index contributed by atoms with van der Waals surface area (Å²) >= 11 is 0. The first kappa shape index (κ1) is 17.9. The SMILES string of the molecule is COCCNC(N)=NCC(C)CN1CCCC1.I. The predicted octanol–water partition coefficient (Wildman–Crippen LogP) is 0.887. The summed E-state index contributed by atoms with van der Waals surface area (Å²) in [4.78, 5) is 6.85. The molecular formula is C12H27IN4O. The van der Waals surface area contributed by atoms with Crippen LogP contribution < -0.4 is 11.1 Å². The number of hydrogen-bond acceptors (Lipinski definition) is 3. The lowest BCUT2D eigenvalue weighted by Crippen LogP contribution is -2.35. The molecule has 1 aliphatic rings. The fourth-order valence-corrected chi connectivity index (χ4v) is 2.05. The number of likely N-dealkylation sites (tertiary alicyclic amines) is 1. The Labute approximate surface area is 128 Å². The van der Waals surface area contributed by atoms with Gasteiger partial charge in [-0.3, -0.25) is 4.99 Å². The average molecular weight is 370 g/mol. The van der Waals surface area contributed by atoms with E-state index in [-0.39, 0.29) is 24.0 Å². The summed E-state index contributed by atoms with van der Waals surface area (Å²) < 4.78 is 4.93. The van der Waals surface area contributed by atoms with Crippen LogP contribution in [0.4, 0.5) is 0 Å². The number of aliphatic imine (C=N–C) groups is 1. The average Bonchev–Trinajstić information content (AvgIpc) is 2.79. The van der Waals surface area contributed by atoms with Crippen LogP contribution in [0.5, 0.6) is 0 Å². The number of nitrogens with zero attached hydrogens (tertiary/aromatic N) is 2. The minimum atomic E-state index is 0. The molecule has 18 heavy (non-hydrogen) atoms. The van der Waals surface area contributed by atoms with E-state index in [1.54, 1.807) is 7.11 Å². The molecule has 0 aromatic heterocycles. The zero-order chi connectivity index (χ0) is 12.5. The number of rotatable bonds is 7. The third kappa shape index (κ3) is 8.10. The van der Waals surface area contributed by atoms with Gasteiger partial charge in [-0.1, -0.05) is 6.92 Å². The molecule has 0 aromatic carbocycles. The summed E-state index contributed by atoms with van der Waals surface area (Å²) in [6.07, 6.45) is 2.69. The molecule has 1 saturated heterocycles. The lowest BCUT2D eigenvalue weighted by molar-refractivity contribution is 0.204. The second-order valence-electron chi connectivity index (χ2n) is 4.76. The topological polar surface area (TPSA) is 62.9 Å². The molecule has 3 N–H and O–H groups in total. The Balaban J connectivity index is 0.00000289. The van der Waals surface area contributed by atoms with Crippen molar-refractivity contribution in [1.82, 2.24) is 10.2 Å². The monoisotopic (exact) mass is 370 g/mol. The van der Waals surface area contributed by atoms with E-state index in [0.717, 1.165) is 13.1 Å². The molecule has 0 radical (unpaired) electrons. The molecular weight excluding hydrogens is 343 g/mol. The third-order valence-corrected chi connectivity index (χ3v) is 2.95. The number of nitrogens with one attached hydrogen (secondary N) is 1. The largest absolute Gasteiger partial charge is 0.383 e. The zero-order valence-corrected chi connectivity index (χ0v) is 13.9. The first-order valence-corrected chi connectivity index (χ1v) is 6.47. The number of halogens is 1. The Kier molecular flexibility index (Phi) is 10.8. The quantitative estimate of drug-likeness (QED) is 0.302. The van der Waals surface area contributed by atoms with Gasteiger partial charge < -0.3 is 20.7 Å². The van der Waals surface area contributed by atoms with E-state index >= 15 is 0 Å². The number of nitrogens with two attached hydrogens (primary N) is 1. The van der Waals surface area contributed by atoms with Crippen molar-refractivity contribution in [3.05, 3.63) is 0 Å². The van der Waals surface area contributed by atoms with Crippen LogP contribution in [0.15, 0.2) is 4.99 Å². The van der Waals surface area contributed by atoms with Crippen LogP contribution in [-0.4, -0.2) is 57.3 Å². The van der Waals surface area contributed by atoms with Gasteiger partial charge in [-0.25, -0.2) is 0 Å². The molecule has 0 aliphatic carbocycles. The maximum atomic E-state index is 5.74. The van der Waals surface area contributed by atoms with Crippen LogP contribution in [0.3, 0.4) is 0 Å². The second kappa shape index (κ2) is 10.8. The van der Waals surface area contributed by atoms with Crippen molar-refractivity contribution in [2.75, 3.05) is 46.4 Å². The van der Waals surface area contributed by atoms with Crippen LogP contribution in [-0.2, 0) is 4.74 Å². The van der Waals surface area contributed by atoms with Gasteiger partial charge in [0.15, 0.2) is 5.96 Å². The smallest absolute Gasteiger partial charge is 0.188 e. The van der Waals surface area contributed by atoms with E-state index < -0.39 is 0 Å². The van der Waals surface area contributed by atoms with Crippen LogP contribution >= 0.6 is 24.0 Å². The molecule has 0 spiro atoms. The Bertz CT molecular complexity index is 232. The van der Waals surface area contributed by atoms with Gasteiger partial charge in [0.25, 0.3) is 0 Å². The highest BCUT2D eigenvalue weighted by molar-refractivity contribution is 14.0. The first-order chi connectivity index (χ1) is 8.22. The van der Waals surface area contributed by atoms with Crippen molar-refractivity contribution in [2.24, 2.45) is 16.6 Å². The third-order valence-electron chi connectivity index (χ3n) is 2.95. The second-order valence-corrected chi connectivity index (χ2v) is 4.76. The Morgan fingerprint density at radius 1 is 1.44 bits per heavy atom.